The van der Waals surface area contributed by atoms with Crippen LogP contribution in [0.1, 0.15) is 0 Å². The second-order valence-electron chi connectivity index (χ2n) is 4.67. The molecule has 0 saturated carbocycles. The van der Waals surface area contributed by atoms with Crippen LogP contribution in [0.15, 0.2) is 64.9 Å². The molecule has 2 rings (SSSR count). The Morgan fingerprint density at radius 3 is 2.39 bits per heavy atom. The van der Waals surface area contributed by atoms with Crippen LogP contribution in [0.25, 0.3) is 0 Å². The van der Waals surface area contributed by atoms with E-state index < -0.39 is 0 Å². The van der Waals surface area contributed by atoms with Gasteiger partial charge < -0.3 is 14.4 Å². The van der Waals surface area contributed by atoms with Crippen LogP contribution in [0.3, 0.4) is 0 Å². The number of thioether (sulfide) groups is 1. The number of nitrogens with zero attached hydrogens (tertiary/aromatic N) is 1. The average Bonchev–Trinajstić information content (AvgIpc) is 2.61. The van der Waals surface area contributed by atoms with Gasteiger partial charge in [-0.3, -0.25) is 4.79 Å². The SMILES string of the molecule is COc1ccc(N(C)C(=O)/C=C/Sc2ccccc2)cc1OC. The van der Waals surface area contributed by atoms with Gasteiger partial charge in [0.2, 0.25) is 0 Å². The number of carbonyl (C=O) groups is 1. The van der Waals surface area contributed by atoms with Crippen LogP contribution in [-0.2, 0) is 4.79 Å². The van der Waals surface area contributed by atoms with Crippen LogP contribution in [0, 0.1) is 0 Å². The lowest BCUT2D eigenvalue weighted by Crippen LogP contribution is -2.23. The topological polar surface area (TPSA) is 38.8 Å². The number of rotatable bonds is 6. The Morgan fingerprint density at radius 1 is 1.04 bits per heavy atom. The molecule has 0 heterocycles. The van der Waals surface area contributed by atoms with Crippen molar-refractivity contribution in [3.8, 4) is 11.5 Å². The Morgan fingerprint density at radius 2 is 1.74 bits per heavy atom. The molecule has 120 valence electrons. The summed E-state index contributed by atoms with van der Waals surface area (Å²) in [5, 5.41) is 1.79. The van der Waals surface area contributed by atoms with Crippen LogP contribution in [0.5, 0.6) is 11.5 Å². The van der Waals surface area contributed by atoms with Crippen molar-refractivity contribution in [1.82, 2.24) is 0 Å². The molecular weight excluding hydrogens is 310 g/mol. The lowest BCUT2D eigenvalue weighted by molar-refractivity contribution is -0.113. The van der Waals surface area contributed by atoms with Gasteiger partial charge in [-0.25, -0.2) is 0 Å². The number of hydrogen-bond acceptors (Lipinski definition) is 4. The molecule has 1 amide bonds. The first kappa shape index (κ1) is 17.0. The Balaban J connectivity index is 2.04. The molecule has 0 aliphatic heterocycles. The predicted octanol–water partition coefficient (Wildman–Crippen LogP) is 3.97. The highest BCUT2D eigenvalue weighted by atomic mass is 32.2. The molecule has 0 aliphatic carbocycles. The molecule has 0 aliphatic rings. The van der Waals surface area contributed by atoms with Crippen molar-refractivity contribution in [3.63, 3.8) is 0 Å². The van der Waals surface area contributed by atoms with E-state index in [1.54, 1.807) is 49.8 Å². The Labute approximate surface area is 140 Å². The van der Waals surface area contributed by atoms with E-state index in [1.807, 2.05) is 36.4 Å². The van der Waals surface area contributed by atoms with Gasteiger partial charge in [0.15, 0.2) is 11.5 Å². The van der Waals surface area contributed by atoms with Gasteiger partial charge in [0.25, 0.3) is 5.91 Å². The quantitative estimate of drug-likeness (QED) is 0.594. The molecular formula is C18H19NO3S. The zero-order valence-corrected chi connectivity index (χ0v) is 14.2. The maximum absolute atomic E-state index is 12.2. The summed E-state index contributed by atoms with van der Waals surface area (Å²) in [5.74, 6) is 1.11. The number of anilines is 1. The van der Waals surface area contributed by atoms with Crippen LogP contribution in [-0.4, -0.2) is 27.2 Å². The fourth-order valence-electron chi connectivity index (χ4n) is 1.94. The smallest absolute Gasteiger partial charge is 0.251 e. The molecule has 0 fully saturated rings. The molecule has 0 saturated heterocycles. The number of likely N-dealkylation sites (N-methyl/N-ethyl adjacent to an activating group) is 1. The van der Waals surface area contributed by atoms with Crippen LogP contribution < -0.4 is 14.4 Å². The van der Waals surface area contributed by atoms with Crippen molar-refractivity contribution < 1.29 is 14.3 Å². The molecule has 0 atom stereocenters. The standard InChI is InChI=1S/C18H19NO3S/c1-19(14-9-10-16(21-2)17(13-14)22-3)18(20)11-12-23-15-7-5-4-6-8-15/h4-13H,1-3H3/b12-11+. The highest BCUT2D eigenvalue weighted by Gasteiger charge is 2.11. The third-order valence-electron chi connectivity index (χ3n) is 3.24. The normalized spacial score (nSPS) is 10.6. The second-order valence-corrected chi connectivity index (χ2v) is 5.65. The number of amides is 1. The van der Waals surface area contributed by atoms with Gasteiger partial charge in [0, 0.05) is 29.8 Å². The molecule has 0 spiro atoms. The van der Waals surface area contributed by atoms with E-state index in [0.717, 1.165) is 10.6 Å². The molecule has 0 N–H and O–H groups in total. The molecule has 0 aromatic heterocycles. The molecule has 2 aromatic carbocycles. The van der Waals surface area contributed by atoms with Gasteiger partial charge in [-0.2, -0.15) is 0 Å². The van der Waals surface area contributed by atoms with E-state index in [0.29, 0.717) is 11.5 Å². The van der Waals surface area contributed by atoms with Gasteiger partial charge in [0.1, 0.15) is 0 Å². The highest BCUT2D eigenvalue weighted by Crippen LogP contribution is 2.31. The minimum Gasteiger partial charge on any atom is -0.493 e. The van der Waals surface area contributed by atoms with Crippen LogP contribution >= 0.6 is 11.8 Å². The van der Waals surface area contributed by atoms with Crippen molar-refractivity contribution in [1.29, 1.82) is 0 Å². The number of hydrogen-bond donors (Lipinski definition) is 0. The first-order valence-corrected chi connectivity index (χ1v) is 7.91. The maximum Gasteiger partial charge on any atom is 0.251 e. The molecule has 0 unspecified atom stereocenters. The average molecular weight is 329 g/mol. The van der Waals surface area contributed by atoms with E-state index >= 15 is 0 Å². The summed E-state index contributed by atoms with van der Waals surface area (Å²) >= 11 is 1.50. The minimum atomic E-state index is -0.111. The minimum absolute atomic E-state index is 0.111. The predicted molar refractivity (Wildman–Crippen MR) is 94.4 cm³/mol. The Kier molecular flexibility index (Phi) is 6.11. The zero-order chi connectivity index (χ0) is 16.7. The molecule has 2 aromatic rings. The molecule has 0 bridgehead atoms. The highest BCUT2D eigenvalue weighted by molar-refractivity contribution is 8.02. The number of carbonyl (C=O) groups excluding carboxylic acids is 1. The Bertz CT molecular complexity index is 686. The molecule has 4 nitrogen and oxygen atoms in total. The van der Waals surface area contributed by atoms with Crippen LogP contribution in [0.2, 0.25) is 0 Å². The third kappa shape index (κ3) is 4.53. The lowest BCUT2D eigenvalue weighted by Gasteiger charge is -2.17. The van der Waals surface area contributed by atoms with Gasteiger partial charge in [-0.15, -0.1) is 0 Å². The first-order valence-electron chi connectivity index (χ1n) is 7.03. The van der Waals surface area contributed by atoms with Crippen molar-refractivity contribution in [2.24, 2.45) is 0 Å². The van der Waals surface area contributed by atoms with Crippen molar-refractivity contribution in [2.45, 2.75) is 4.90 Å². The summed E-state index contributed by atoms with van der Waals surface area (Å²) < 4.78 is 10.5. The van der Waals surface area contributed by atoms with E-state index in [1.165, 1.54) is 11.8 Å². The molecule has 5 heteroatoms. The van der Waals surface area contributed by atoms with Gasteiger partial charge in [-0.05, 0) is 29.7 Å². The first-order chi connectivity index (χ1) is 11.2. The van der Waals surface area contributed by atoms with E-state index in [9.17, 15) is 4.79 Å². The van der Waals surface area contributed by atoms with E-state index in [-0.39, 0.29) is 5.91 Å². The second kappa shape index (κ2) is 8.29. The van der Waals surface area contributed by atoms with E-state index in [2.05, 4.69) is 0 Å². The van der Waals surface area contributed by atoms with Crippen molar-refractivity contribution >= 4 is 23.4 Å². The number of ether oxygens (including phenoxy) is 2. The molecule has 23 heavy (non-hydrogen) atoms. The van der Waals surface area contributed by atoms with Gasteiger partial charge in [-0.1, -0.05) is 30.0 Å². The fraction of sp³-hybridized carbons (Fsp3) is 0.167. The largest absolute Gasteiger partial charge is 0.493 e. The summed E-state index contributed by atoms with van der Waals surface area (Å²) in [4.78, 5) is 14.9. The fourth-order valence-corrected chi connectivity index (χ4v) is 2.60. The zero-order valence-electron chi connectivity index (χ0n) is 13.4. The van der Waals surface area contributed by atoms with Crippen molar-refractivity contribution in [2.75, 3.05) is 26.2 Å². The summed E-state index contributed by atoms with van der Waals surface area (Å²) in [7, 11) is 4.87. The third-order valence-corrected chi connectivity index (χ3v) is 4.06. The number of methoxy groups -OCH3 is 2. The monoisotopic (exact) mass is 329 g/mol. The summed E-state index contributed by atoms with van der Waals surface area (Å²) in [6, 6.07) is 15.3. The molecule has 0 radical (unpaired) electrons. The van der Waals surface area contributed by atoms with E-state index in [4.69, 9.17) is 9.47 Å². The van der Waals surface area contributed by atoms with Crippen molar-refractivity contribution in [3.05, 3.63) is 60.0 Å². The van der Waals surface area contributed by atoms with Gasteiger partial charge >= 0.3 is 0 Å². The maximum atomic E-state index is 12.2. The summed E-state index contributed by atoms with van der Waals surface area (Å²) in [6.07, 6.45) is 1.55. The number of benzene rings is 2. The van der Waals surface area contributed by atoms with Gasteiger partial charge in [0.05, 0.1) is 14.2 Å². The summed E-state index contributed by atoms with van der Waals surface area (Å²) in [6.45, 7) is 0. The van der Waals surface area contributed by atoms with Crippen LogP contribution in [0.4, 0.5) is 5.69 Å². The Hall–Kier alpha value is -2.40. The lowest BCUT2D eigenvalue weighted by atomic mass is 10.2. The summed E-state index contributed by atoms with van der Waals surface area (Å²) in [5.41, 5.74) is 0.738.